The van der Waals surface area contributed by atoms with Crippen LogP contribution in [-0.2, 0) is 26.2 Å². The second-order valence-corrected chi connectivity index (χ2v) is 12.8. The molecule has 0 heterocycles. The molecule has 0 bridgehead atoms. The molecule has 0 aromatic heterocycles. The summed E-state index contributed by atoms with van der Waals surface area (Å²) in [5.74, 6) is 0.155. The monoisotopic (exact) mass is 609 g/mol. The maximum absolute atomic E-state index is 14.2. The van der Waals surface area contributed by atoms with Crippen molar-refractivity contribution in [1.82, 2.24) is 10.2 Å². The van der Waals surface area contributed by atoms with Gasteiger partial charge in [0.25, 0.3) is 10.0 Å². The van der Waals surface area contributed by atoms with Gasteiger partial charge in [-0.3, -0.25) is 13.9 Å². The summed E-state index contributed by atoms with van der Waals surface area (Å²) in [6.07, 6.45) is 0.350. The van der Waals surface area contributed by atoms with Crippen LogP contribution in [-0.4, -0.2) is 58.5 Å². The Morgan fingerprint density at radius 1 is 0.860 bits per heavy atom. The van der Waals surface area contributed by atoms with Gasteiger partial charge in [-0.05, 0) is 56.0 Å². The molecule has 1 atom stereocenters. The minimum atomic E-state index is -4.21. The fraction of sp³-hybridized carbons (Fsp3) is 0.394. The van der Waals surface area contributed by atoms with Gasteiger partial charge in [0.15, 0.2) is 11.5 Å². The Hall–Kier alpha value is -4.05. The second kappa shape index (κ2) is 14.9. The third-order valence-corrected chi connectivity index (χ3v) is 8.88. The molecule has 232 valence electrons. The van der Waals surface area contributed by atoms with Gasteiger partial charge in [0.1, 0.15) is 12.6 Å². The molecular weight excluding hydrogens is 566 g/mol. The van der Waals surface area contributed by atoms with E-state index >= 15 is 0 Å². The fourth-order valence-electron chi connectivity index (χ4n) is 4.58. The summed E-state index contributed by atoms with van der Waals surface area (Å²) in [4.78, 5) is 29.1. The number of hydrogen-bond donors (Lipinski definition) is 1. The first-order valence-corrected chi connectivity index (χ1v) is 15.8. The Bertz CT molecular complexity index is 1490. The quantitative estimate of drug-likeness (QED) is 0.273. The summed E-state index contributed by atoms with van der Waals surface area (Å²) < 4.78 is 40.1. The van der Waals surface area contributed by atoms with Gasteiger partial charge in [-0.2, -0.15) is 0 Å². The summed E-state index contributed by atoms with van der Waals surface area (Å²) in [7, 11) is -1.27. The molecule has 0 aliphatic heterocycles. The van der Waals surface area contributed by atoms with E-state index in [1.165, 1.54) is 37.3 Å². The van der Waals surface area contributed by atoms with Crippen LogP contribution in [0.4, 0.5) is 5.69 Å². The zero-order chi connectivity index (χ0) is 31.7. The number of hydrogen-bond acceptors (Lipinski definition) is 6. The van der Waals surface area contributed by atoms with Crippen LogP contribution in [0.15, 0.2) is 71.6 Å². The van der Waals surface area contributed by atoms with Crippen molar-refractivity contribution in [3.63, 3.8) is 0 Å². The fourth-order valence-corrected chi connectivity index (χ4v) is 5.98. The first-order chi connectivity index (χ1) is 20.4. The highest BCUT2D eigenvalue weighted by molar-refractivity contribution is 7.92. The lowest BCUT2D eigenvalue weighted by Crippen LogP contribution is -2.52. The highest BCUT2D eigenvalue weighted by atomic mass is 32.2. The average molecular weight is 610 g/mol. The standard InChI is InChI=1S/C33H43N3O6S/c1-8-29(33(38)34-20-23(2)3)35(21-26-13-9-24(4)10-14-26)32(37)22-36(27-15-18-30(41-6)31(19-27)42-7)43(39,40)28-16-11-25(5)12-17-28/h9-19,23,29H,8,20-22H2,1-7H3,(H,34,38). The van der Waals surface area contributed by atoms with E-state index in [9.17, 15) is 18.0 Å². The van der Waals surface area contributed by atoms with Crippen LogP contribution in [0, 0.1) is 19.8 Å². The highest BCUT2D eigenvalue weighted by Gasteiger charge is 2.34. The molecule has 0 spiro atoms. The van der Waals surface area contributed by atoms with Crippen LogP contribution in [0.25, 0.3) is 0 Å². The number of amides is 2. The number of aryl methyl sites for hydroxylation is 2. The Balaban J connectivity index is 2.10. The predicted molar refractivity (Wildman–Crippen MR) is 169 cm³/mol. The second-order valence-electron chi connectivity index (χ2n) is 10.9. The maximum Gasteiger partial charge on any atom is 0.264 e. The maximum atomic E-state index is 14.2. The Morgan fingerprint density at radius 3 is 1.98 bits per heavy atom. The van der Waals surface area contributed by atoms with E-state index in [0.717, 1.165) is 21.0 Å². The minimum Gasteiger partial charge on any atom is -0.493 e. The van der Waals surface area contributed by atoms with E-state index in [1.807, 2.05) is 58.9 Å². The smallest absolute Gasteiger partial charge is 0.264 e. The van der Waals surface area contributed by atoms with E-state index in [-0.39, 0.29) is 29.0 Å². The van der Waals surface area contributed by atoms with Gasteiger partial charge in [0, 0.05) is 19.2 Å². The zero-order valence-electron chi connectivity index (χ0n) is 26.1. The number of methoxy groups -OCH3 is 2. The molecule has 0 saturated carbocycles. The van der Waals surface area contributed by atoms with Crippen LogP contribution >= 0.6 is 0 Å². The molecule has 0 saturated heterocycles. The van der Waals surface area contributed by atoms with Gasteiger partial charge in [-0.25, -0.2) is 8.42 Å². The SMILES string of the molecule is CCC(C(=O)NCC(C)C)N(Cc1ccc(C)cc1)C(=O)CN(c1ccc(OC)c(OC)c1)S(=O)(=O)c1ccc(C)cc1. The summed E-state index contributed by atoms with van der Waals surface area (Å²) >= 11 is 0. The van der Waals surface area contributed by atoms with E-state index in [4.69, 9.17) is 9.47 Å². The minimum absolute atomic E-state index is 0.0347. The van der Waals surface area contributed by atoms with Gasteiger partial charge in [-0.1, -0.05) is 68.3 Å². The third-order valence-electron chi connectivity index (χ3n) is 7.09. The lowest BCUT2D eigenvalue weighted by atomic mass is 10.1. The number of anilines is 1. The van der Waals surface area contributed by atoms with Gasteiger partial charge < -0.3 is 19.7 Å². The van der Waals surface area contributed by atoms with Crippen molar-refractivity contribution < 1.29 is 27.5 Å². The number of carbonyl (C=O) groups excluding carboxylic acids is 2. The number of ether oxygens (including phenoxy) is 2. The molecule has 3 rings (SSSR count). The van der Waals surface area contributed by atoms with Crippen molar-refractivity contribution in [2.24, 2.45) is 5.92 Å². The van der Waals surface area contributed by atoms with E-state index in [0.29, 0.717) is 24.5 Å². The van der Waals surface area contributed by atoms with Crippen molar-refractivity contribution in [3.8, 4) is 11.5 Å². The number of nitrogens with one attached hydrogen (secondary N) is 1. The molecule has 0 fully saturated rings. The molecule has 10 heteroatoms. The third kappa shape index (κ3) is 8.50. The normalized spacial score (nSPS) is 12.0. The Labute approximate surface area is 255 Å². The molecule has 9 nitrogen and oxygen atoms in total. The lowest BCUT2D eigenvalue weighted by Gasteiger charge is -2.33. The molecule has 0 aliphatic rings. The number of carbonyl (C=O) groups is 2. The number of rotatable bonds is 14. The van der Waals surface area contributed by atoms with Crippen molar-refractivity contribution >= 4 is 27.5 Å². The van der Waals surface area contributed by atoms with Crippen molar-refractivity contribution in [1.29, 1.82) is 0 Å². The number of sulfonamides is 1. The zero-order valence-corrected chi connectivity index (χ0v) is 26.9. The summed E-state index contributed by atoms with van der Waals surface area (Å²) in [5.41, 5.74) is 3.01. The van der Waals surface area contributed by atoms with Crippen LogP contribution in [0.1, 0.15) is 43.9 Å². The van der Waals surface area contributed by atoms with E-state index < -0.39 is 28.5 Å². The summed E-state index contributed by atoms with van der Waals surface area (Å²) in [5, 5.41) is 2.94. The van der Waals surface area contributed by atoms with Crippen LogP contribution < -0.4 is 19.1 Å². The Morgan fingerprint density at radius 2 is 1.44 bits per heavy atom. The van der Waals surface area contributed by atoms with Gasteiger partial charge in [0.2, 0.25) is 11.8 Å². The molecule has 3 aromatic carbocycles. The molecule has 3 aromatic rings. The lowest BCUT2D eigenvalue weighted by molar-refractivity contribution is -0.140. The molecule has 43 heavy (non-hydrogen) atoms. The number of benzene rings is 3. The van der Waals surface area contributed by atoms with E-state index in [1.54, 1.807) is 24.3 Å². The van der Waals surface area contributed by atoms with Crippen molar-refractivity contribution in [2.75, 3.05) is 31.6 Å². The molecule has 1 N–H and O–H groups in total. The Kier molecular flexibility index (Phi) is 11.6. The molecule has 1 unspecified atom stereocenters. The van der Waals surface area contributed by atoms with Crippen molar-refractivity contribution in [2.45, 2.75) is 58.5 Å². The van der Waals surface area contributed by atoms with Gasteiger partial charge in [0.05, 0.1) is 24.8 Å². The summed E-state index contributed by atoms with van der Waals surface area (Å²) in [6.45, 7) is 9.72. The average Bonchev–Trinajstić information content (AvgIpc) is 2.99. The first kappa shape index (κ1) is 33.5. The molecule has 0 aliphatic carbocycles. The predicted octanol–water partition coefficient (Wildman–Crippen LogP) is 5.10. The molecular formula is C33H43N3O6S. The molecule has 0 radical (unpaired) electrons. The van der Waals surface area contributed by atoms with Gasteiger partial charge >= 0.3 is 0 Å². The first-order valence-electron chi connectivity index (χ1n) is 14.3. The van der Waals surface area contributed by atoms with Gasteiger partial charge in [-0.15, -0.1) is 0 Å². The number of nitrogens with zero attached hydrogens (tertiary/aromatic N) is 2. The van der Waals surface area contributed by atoms with Crippen LogP contribution in [0.2, 0.25) is 0 Å². The summed E-state index contributed by atoms with van der Waals surface area (Å²) in [6, 6.07) is 18.0. The van der Waals surface area contributed by atoms with Crippen molar-refractivity contribution in [3.05, 3.63) is 83.4 Å². The van der Waals surface area contributed by atoms with Crippen LogP contribution in [0.3, 0.4) is 0 Å². The van der Waals surface area contributed by atoms with Crippen LogP contribution in [0.5, 0.6) is 11.5 Å². The highest BCUT2D eigenvalue weighted by Crippen LogP contribution is 2.34. The largest absolute Gasteiger partial charge is 0.493 e. The topological polar surface area (TPSA) is 105 Å². The molecule has 2 amide bonds. The van der Waals surface area contributed by atoms with E-state index in [2.05, 4.69) is 5.32 Å².